The zero-order valence-corrected chi connectivity index (χ0v) is 13.0. The predicted molar refractivity (Wildman–Crippen MR) is 80.8 cm³/mol. The molecule has 0 radical (unpaired) electrons. The molecule has 0 aliphatic carbocycles. The lowest BCUT2D eigenvalue weighted by atomic mass is 10.0. The highest BCUT2D eigenvalue weighted by molar-refractivity contribution is 9.10. The van der Waals surface area contributed by atoms with Crippen molar-refractivity contribution in [2.24, 2.45) is 11.7 Å². The van der Waals surface area contributed by atoms with E-state index in [1.807, 2.05) is 18.2 Å². The van der Waals surface area contributed by atoms with Gasteiger partial charge in [0, 0.05) is 16.6 Å². The van der Waals surface area contributed by atoms with E-state index in [1.54, 1.807) is 0 Å². The van der Waals surface area contributed by atoms with Gasteiger partial charge in [0.25, 0.3) is 0 Å². The van der Waals surface area contributed by atoms with Crippen LogP contribution in [0.1, 0.15) is 45.1 Å². The van der Waals surface area contributed by atoms with E-state index in [0.717, 1.165) is 22.4 Å². The molecule has 2 N–H and O–H groups in total. The molecule has 0 amide bonds. The van der Waals surface area contributed by atoms with Crippen molar-refractivity contribution >= 4 is 15.9 Å². The second kappa shape index (κ2) is 8.54. The Morgan fingerprint density at radius 3 is 2.72 bits per heavy atom. The molecule has 0 saturated carbocycles. The first-order chi connectivity index (χ1) is 8.72. The number of unbranched alkanes of at least 4 members (excludes halogenated alkanes) is 1. The summed E-state index contributed by atoms with van der Waals surface area (Å²) < 4.78 is 6.98. The van der Waals surface area contributed by atoms with Crippen LogP contribution in [0.5, 0.6) is 5.75 Å². The third-order valence-corrected chi connectivity index (χ3v) is 4.04. The van der Waals surface area contributed by atoms with Crippen LogP contribution in [0.25, 0.3) is 0 Å². The van der Waals surface area contributed by atoms with Crippen molar-refractivity contribution in [2.45, 2.75) is 46.1 Å². The normalized spacial score (nSPS) is 12.4. The van der Waals surface area contributed by atoms with Gasteiger partial charge in [-0.05, 0) is 24.5 Å². The summed E-state index contributed by atoms with van der Waals surface area (Å²) >= 11 is 3.51. The van der Waals surface area contributed by atoms with Crippen molar-refractivity contribution in [2.75, 3.05) is 6.61 Å². The Balaban J connectivity index is 2.59. The monoisotopic (exact) mass is 313 g/mol. The molecule has 0 bridgehead atoms. The fraction of sp³-hybridized carbons (Fsp3) is 0.600. The molecule has 0 aliphatic rings. The minimum atomic E-state index is 0.502. The van der Waals surface area contributed by atoms with E-state index in [-0.39, 0.29) is 0 Å². The van der Waals surface area contributed by atoms with E-state index in [4.69, 9.17) is 10.5 Å². The molecule has 2 nitrogen and oxygen atoms in total. The van der Waals surface area contributed by atoms with E-state index in [2.05, 4.69) is 29.8 Å². The van der Waals surface area contributed by atoms with E-state index < -0.39 is 0 Å². The van der Waals surface area contributed by atoms with Crippen LogP contribution in [0.2, 0.25) is 0 Å². The predicted octanol–water partition coefficient (Wildman–Crippen LogP) is 4.50. The van der Waals surface area contributed by atoms with Gasteiger partial charge in [0.05, 0.1) is 6.61 Å². The second-order valence-corrected chi connectivity index (χ2v) is 5.50. The van der Waals surface area contributed by atoms with Gasteiger partial charge in [-0.1, -0.05) is 55.1 Å². The molecule has 1 aromatic rings. The number of ether oxygens (including phenoxy) is 1. The van der Waals surface area contributed by atoms with Crippen LogP contribution in [0.4, 0.5) is 0 Å². The standard InChI is InChI=1S/C15H24BrNO/c1-3-5-7-12(4-2)11-18-15-9-6-8-14(16)13(15)10-17/h6,8-9,12H,3-5,7,10-11,17H2,1-2H3. The lowest BCUT2D eigenvalue weighted by Crippen LogP contribution is -2.13. The van der Waals surface area contributed by atoms with Gasteiger partial charge in [0.2, 0.25) is 0 Å². The summed E-state index contributed by atoms with van der Waals surface area (Å²) in [4.78, 5) is 0. The van der Waals surface area contributed by atoms with Crippen LogP contribution in [0.15, 0.2) is 22.7 Å². The summed E-state index contributed by atoms with van der Waals surface area (Å²) in [7, 11) is 0. The van der Waals surface area contributed by atoms with Gasteiger partial charge < -0.3 is 10.5 Å². The summed E-state index contributed by atoms with van der Waals surface area (Å²) in [5, 5.41) is 0. The van der Waals surface area contributed by atoms with Crippen molar-refractivity contribution in [3.05, 3.63) is 28.2 Å². The molecule has 3 heteroatoms. The third-order valence-electron chi connectivity index (χ3n) is 3.30. The highest BCUT2D eigenvalue weighted by atomic mass is 79.9. The fourth-order valence-electron chi connectivity index (χ4n) is 1.98. The maximum Gasteiger partial charge on any atom is 0.124 e. The van der Waals surface area contributed by atoms with E-state index in [0.29, 0.717) is 12.5 Å². The van der Waals surface area contributed by atoms with Crippen LogP contribution in [0, 0.1) is 5.92 Å². The van der Waals surface area contributed by atoms with Crippen molar-refractivity contribution in [3.8, 4) is 5.75 Å². The van der Waals surface area contributed by atoms with Crippen molar-refractivity contribution in [1.82, 2.24) is 0 Å². The molecule has 102 valence electrons. The molecule has 1 atom stereocenters. The number of hydrogen-bond acceptors (Lipinski definition) is 2. The molecule has 0 aliphatic heterocycles. The molecule has 0 spiro atoms. The Bertz CT molecular complexity index is 354. The summed E-state index contributed by atoms with van der Waals surface area (Å²) in [5.74, 6) is 1.57. The molecule has 0 saturated heterocycles. The smallest absolute Gasteiger partial charge is 0.124 e. The highest BCUT2D eigenvalue weighted by Crippen LogP contribution is 2.27. The first-order valence-electron chi connectivity index (χ1n) is 6.83. The second-order valence-electron chi connectivity index (χ2n) is 4.65. The maximum atomic E-state index is 5.95. The largest absolute Gasteiger partial charge is 0.493 e. The molecular weight excluding hydrogens is 290 g/mol. The summed E-state index contributed by atoms with van der Waals surface area (Å²) in [5.41, 5.74) is 6.82. The topological polar surface area (TPSA) is 35.2 Å². The van der Waals surface area contributed by atoms with Gasteiger partial charge in [0.1, 0.15) is 5.75 Å². The Kier molecular flexibility index (Phi) is 7.36. The lowest BCUT2D eigenvalue weighted by molar-refractivity contribution is 0.231. The Morgan fingerprint density at radius 1 is 1.33 bits per heavy atom. The van der Waals surface area contributed by atoms with Gasteiger partial charge >= 0.3 is 0 Å². The van der Waals surface area contributed by atoms with Gasteiger partial charge in [-0.25, -0.2) is 0 Å². The molecule has 18 heavy (non-hydrogen) atoms. The minimum Gasteiger partial charge on any atom is -0.493 e. The molecule has 0 aromatic heterocycles. The van der Waals surface area contributed by atoms with E-state index >= 15 is 0 Å². The average molecular weight is 314 g/mol. The number of nitrogens with two attached hydrogens (primary N) is 1. The fourth-order valence-corrected chi connectivity index (χ4v) is 2.49. The molecular formula is C15H24BrNO. The number of halogens is 1. The van der Waals surface area contributed by atoms with Gasteiger partial charge in [-0.2, -0.15) is 0 Å². The van der Waals surface area contributed by atoms with Crippen molar-refractivity contribution in [1.29, 1.82) is 0 Å². The Hall–Kier alpha value is -0.540. The number of hydrogen-bond donors (Lipinski definition) is 1. The van der Waals surface area contributed by atoms with Crippen LogP contribution < -0.4 is 10.5 Å². The Morgan fingerprint density at radius 2 is 2.11 bits per heavy atom. The average Bonchev–Trinajstić information content (AvgIpc) is 2.39. The van der Waals surface area contributed by atoms with Crippen LogP contribution in [-0.4, -0.2) is 6.61 Å². The van der Waals surface area contributed by atoms with Crippen LogP contribution >= 0.6 is 15.9 Å². The maximum absolute atomic E-state index is 5.95. The minimum absolute atomic E-state index is 0.502. The van der Waals surface area contributed by atoms with E-state index in [1.165, 1.54) is 25.7 Å². The van der Waals surface area contributed by atoms with Crippen LogP contribution in [0.3, 0.4) is 0 Å². The summed E-state index contributed by atoms with van der Waals surface area (Å²) in [6.07, 6.45) is 4.95. The third kappa shape index (κ3) is 4.62. The molecule has 1 aromatic carbocycles. The quantitative estimate of drug-likeness (QED) is 0.766. The van der Waals surface area contributed by atoms with Gasteiger partial charge in [-0.3, -0.25) is 0 Å². The highest BCUT2D eigenvalue weighted by Gasteiger charge is 2.10. The zero-order chi connectivity index (χ0) is 13.4. The van der Waals surface area contributed by atoms with Crippen LogP contribution in [-0.2, 0) is 6.54 Å². The molecule has 0 heterocycles. The summed E-state index contributed by atoms with van der Waals surface area (Å²) in [6, 6.07) is 5.99. The Labute approximate surface area is 119 Å². The molecule has 1 unspecified atom stereocenters. The molecule has 0 fully saturated rings. The van der Waals surface area contributed by atoms with Crippen molar-refractivity contribution in [3.63, 3.8) is 0 Å². The summed E-state index contributed by atoms with van der Waals surface area (Å²) in [6.45, 7) is 5.76. The first-order valence-corrected chi connectivity index (χ1v) is 7.62. The van der Waals surface area contributed by atoms with Crippen molar-refractivity contribution < 1.29 is 4.74 Å². The SMILES string of the molecule is CCCCC(CC)COc1cccc(Br)c1CN. The van der Waals surface area contributed by atoms with Gasteiger partial charge in [-0.15, -0.1) is 0 Å². The number of rotatable bonds is 8. The van der Waals surface area contributed by atoms with E-state index in [9.17, 15) is 0 Å². The number of benzene rings is 1. The first kappa shape index (κ1) is 15.5. The zero-order valence-electron chi connectivity index (χ0n) is 11.4. The molecule has 1 rings (SSSR count). The lowest BCUT2D eigenvalue weighted by Gasteiger charge is -2.17. The van der Waals surface area contributed by atoms with Gasteiger partial charge in [0.15, 0.2) is 0 Å².